The molecule has 2 atom stereocenters. The molecule has 26 heavy (non-hydrogen) atoms. The molecule has 0 aromatic carbocycles. The molecule has 7 nitrogen and oxygen atoms in total. The predicted octanol–water partition coefficient (Wildman–Crippen LogP) is 1.05. The van der Waals surface area contributed by atoms with Crippen LogP contribution in [0.25, 0.3) is 0 Å². The molecule has 4 N–H and O–H groups in total. The first kappa shape index (κ1) is 16.9. The van der Waals surface area contributed by atoms with Crippen molar-refractivity contribution in [2.24, 2.45) is 23.5 Å². The second-order valence-corrected chi connectivity index (χ2v) is 7.69. The number of nitrogens with two attached hydrogens (primary N) is 1. The normalized spacial score (nSPS) is 26.8. The molecule has 7 heteroatoms. The standard InChI is InChI=1S/C19H24N4O3/c1-10-3-2-4-12(10)19(26)23-8-14-13(15(14)9-23)7-22-18(25)16-5-11(6-21-16)17(20)24/h5-6,13-15,21H,2-4,7-9H2,1H3,(H2,20,24)(H,22,25). The number of hydrogen-bond donors (Lipinski definition) is 3. The molecule has 3 amide bonds. The smallest absolute Gasteiger partial charge is 0.267 e. The van der Waals surface area contributed by atoms with Gasteiger partial charge in [-0.15, -0.1) is 0 Å². The fourth-order valence-corrected chi connectivity index (χ4v) is 4.47. The zero-order valence-corrected chi connectivity index (χ0v) is 14.9. The summed E-state index contributed by atoms with van der Waals surface area (Å²) in [5, 5.41) is 2.91. The number of piperidine rings is 1. The maximum absolute atomic E-state index is 12.6. The van der Waals surface area contributed by atoms with Crippen molar-refractivity contribution in [3.8, 4) is 0 Å². The molecule has 2 fully saturated rings. The maximum atomic E-state index is 12.6. The van der Waals surface area contributed by atoms with Crippen LogP contribution in [-0.2, 0) is 4.79 Å². The van der Waals surface area contributed by atoms with Gasteiger partial charge in [-0.25, -0.2) is 0 Å². The van der Waals surface area contributed by atoms with Crippen LogP contribution in [0.5, 0.6) is 0 Å². The van der Waals surface area contributed by atoms with E-state index in [9.17, 15) is 14.4 Å². The minimum atomic E-state index is -0.561. The van der Waals surface area contributed by atoms with Crippen molar-refractivity contribution in [3.63, 3.8) is 0 Å². The molecule has 4 rings (SSSR count). The SMILES string of the molecule is CC1=C(C(=O)N2CC3C(CNC(=O)c4cc(C(N)=O)c[nH]4)C3C2)CCC1. The molecular formula is C19H24N4O3. The van der Waals surface area contributed by atoms with Crippen LogP contribution in [0.1, 0.15) is 47.0 Å². The maximum Gasteiger partial charge on any atom is 0.267 e. The fourth-order valence-electron chi connectivity index (χ4n) is 4.47. The Morgan fingerprint density at radius 3 is 2.58 bits per heavy atom. The van der Waals surface area contributed by atoms with E-state index in [0.717, 1.165) is 37.9 Å². The van der Waals surface area contributed by atoms with Crippen LogP contribution in [0.2, 0.25) is 0 Å². The van der Waals surface area contributed by atoms with Gasteiger partial charge in [0.05, 0.1) is 5.56 Å². The molecule has 0 spiro atoms. The summed E-state index contributed by atoms with van der Waals surface area (Å²) >= 11 is 0. The molecule has 1 saturated heterocycles. The molecular weight excluding hydrogens is 332 g/mol. The first-order chi connectivity index (χ1) is 12.5. The molecule has 2 aliphatic carbocycles. The lowest BCUT2D eigenvalue weighted by Gasteiger charge is -2.21. The van der Waals surface area contributed by atoms with Gasteiger partial charge in [-0.05, 0) is 50.0 Å². The second-order valence-electron chi connectivity index (χ2n) is 7.69. The van der Waals surface area contributed by atoms with Gasteiger partial charge in [-0.1, -0.05) is 5.57 Å². The minimum Gasteiger partial charge on any atom is -0.366 e. The average molecular weight is 356 g/mol. The lowest BCUT2D eigenvalue weighted by molar-refractivity contribution is -0.126. The van der Waals surface area contributed by atoms with E-state index >= 15 is 0 Å². The van der Waals surface area contributed by atoms with E-state index in [2.05, 4.69) is 17.2 Å². The minimum absolute atomic E-state index is 0.223. The number of rotatable bonds is 5. The fraction of sp³-hybridized carbons (Fsp3) is 0.526. The molecule has 138 valence electrons. The third kappa shape index (κ3) is 2.91. The Kier molecular flexibility index (Phi) is 4.09. The Bertz CT molecular complexity index is 797. The van der Waals surface area contributed by atoms with E-state index in [0.29, 0.717) is 35.6 Å². The molecule has 1 aliphatic heterocycles. The van der Waals surface area contributed by atoms with Crippen molar-refractivity contribution in [2.45, 2.75) is 26.2 Å². The van der Waals surface area contributed by atoms with E-state index < -0.39 is 5.91 Å². The Morgan fingerprint density at radius 1 is 1.27 bits per heavy atom. The number of allylic oxidation sites excluding steroid dienone is 1. The summed E-state index contributed by atoms with van der Waals surface area (Å²) in [7, 11) is 0. The van der Waals surface area contributed by atoms with E-state index in [4.69, 9.17) is 5.73 Å². The van der Waals surface area contributed by atoms with Crippen molar-refractivity contribution >= 4 is 17.7 Å². The second kappa shape index (κ2) is 6.30. The molecule has 3 aliphatic rings. The van der Waals surface area contributed by atoms with Gasteiger partial charge < -0.3 is 20.9 Å². The number of aromatic nitrogens is 1. The molecule has 0 bridgehead atoms. The zero-order chi connectivity index (χ0) is 18.4. The number of H-pyrrole nitrogens is 1. The van der Waals surface area contributed by atoms with Gasteiger partial charge in [-0.3, -0.25) is 14.4 Å². The summed E-state index contributed by atoms with van der Waals surface area (Å²) < 4.78 is 0. The van der Waals surface area contributed by atoms with E-state index in [1.54, 1.807) is 0 Å². The number of carbonyl (C=O) groups is 3. The van der Waals surface area contributed by atoms with Crippen LogP contribution < -0.4 is 11.1 Å². The Hall–Kier alpha value is -2.57. The number of primary amides is 1. The predicted molar refractivity (Wildman–Crippen MR) is 95.2 cm³/mol. The number of likely N-dealkylation sites (tertiary alicyclic amines) is 1. The molecule has 1 saturated carbocycles. The quantitative estimate of drug-likeness (QED) is 0.734. The Balaban J connectivity index is 1.26. The number of nitrogens with zero attached hydrogens (tertiary/aromatic N) is 1. The molecule has 2 unspecified atom stereocenters. The Labute approximate surface area is 152 Å². The average Bonchev–Trinajstić information content (AvgIpc) is 3.12. The highest BCUT2D eigenvalue weighted by Gasteiger charge is 2.56. The highest BCUT2D eigenvalue weighted by molar-refractivity contribution is 5.98. The van der Waals surface area contributed by atoms with Crippen molar-refractivity contribution in [1.82, 2.24) is 15.2 Å². The van der Waals surface area contributed by atoms with Crippen LogP contribution in [0.3, 0.4) is 0 Å². The molecule has 0 radical (unpaired) electrons. The van der Waals surface area contributed by atoms with Gasteiger partial charge in [-0.2, -0.15) is 0 Å². The van der Waals surface area contributed by atoms with Gasteiger partial charge >= 0.3 is 0 Å². The van der Waals surface area contributed by atoms with Gasteiger partial charge in [0.2, 0.25) is 11.8 Å². The molecule has 2 heterocycles. The lowest BCUT2D eigenvalue weighted by Crippen LogP contribution is -2.35. The summed E-state index contributed by atoms with van der Waals surface area (Å²) in [5.74, 6) is 0.849. The number of nitrogens with one attached hydrogen (secondary N) is 2. The summed E-state index contributed by atoms with van der Waals surface area (Å²) in [5.41, 5.74) is 8.09. The van der Waals surface area contributed by atoms with Crippen molar-refractivity contribution < 1.29 is 14.4 Å². The third-order valence-electron chi connectivity index (χ3n) is 6.12. The van der Waals surface area contributed by atoms with E-state index in [1.807, 2.05) is 4.90 Å². The summed E-state index contributed by atoms with van der Waals surface area (Å²) in [6, 6.07) is 1.46. The van der Waals surface area contributed by atoms with Crippen molar-refractivity contribution in [2.75, 3.05) is 19.6 Å². The lowest BCUT2D eigenvalue weighted by atomic mass is 10.1. The van der Waals surface area contributed by atoms with Gasteiger partial charge in [0.1, 0.15) is 5.69 Å². The number of hydrogen-bond acceptors (Lipinski definition) is 3. The van der Waals surface area contributed by atoms with Gasteiger partial charge in [0.15, 0.2) is 0 Å². The summed E-state index contributed by atoms with van der Waals surface area (Å²) in [6.45, 7) is 4.27. The summed E-state index contributed by atoms with van der Waals surface area (Å²) in [4.78, 5) is 40.6. The largest absolute Gasteiger partial charge is 0.366 e. The highest BCUT2D eigenvalue weighted by Crippen LogP contribution is 2.51. The van der Waals surface area contributed by atoms with Crippen molar-refractivity contribution in [3.05, 3.63) is 34.7 Å². The van der Waals surface area contributed by atoms with E-state index in [1.165, 1.54) is 17.8 Å². The van der Waals surface area contributed by atoms with Crippen LogP contribution >= 0.6 is 0 Å². The number of amides is 3. The van der Waals surface area contributed by atoms with Gasteiger partial charge in [0.25, 0.3) is 5.91 Å². The third-order valence-corrected chi connectivity index (χ3v) is 6.12. The Morgan fingerprint density at radius 2 is 2.00 bits per heavy atom. The first-order valence-electron chi connectivity index (χ1n) is 9.20. The topological polar surface area (TPSA) is 108 Å². The highest BCUT2D eigenvalue weighted by atomic mass is 16.2. The van der Waals surface area contributed by atoms with Crippen LogP contribution in [0.15, 0.2) is 23.4 Å². The van der Waals surface area contributed by atoms with Crippen LogP contribution in [-0.4, -0.2) is 47.2 Å². The number of aromatic amines is 1. The van der Waals surface area contributed by atoms with Crippen molar-refractivity contribution in [1.29, 1.82) is 0 Å². The monoisotopic (exact) mass is 356 g/mol. The van der Waals surface area contributed by atoms with E-state index in [-0.39, 0.29) is 11.8 Å². The molecule has 1 aromatic heterocycles. The number of fused-ring (bicyclic) bond motifs is 1. The van der Waals surface area contributed by atoms with Crippen LogP contribution in [0, 0.1) is 17.8 Å². The summed E-state index contributed by atoms with van der Waals surface area (Å²) in [6.07, 6.45) is 4.50. The zero-order valence-electron chi connectivity index (χ0n) is 14.9. The van der Waals surface area contributed by atoms with Crippen LogP contribution in [0.4, 0.5) is 0 Å². The number of carbonyl (C=O) groups excluding carboxylic acids is 3. The van der Waals surface area contributed by atoms with Gasteiger partial charge in [0, 0.05) is 31.4 Å². The molecule has 1 aromatic rings. The first-order valence-corrected chi connectivity index (χ1v) is 9.20.